The van der Waals surface area contributed by atoms with Crippen molar-refractivity contribution in [2.45, 2.75) is 46.2 Å². The zero-order chi connectivity index (χ0) is 15.1. The quantitative estimate of drug-likeness (QED) is 0.688. The van der Waals surface area contributed by atoms with Gasteiger partial charge in [0.25, 0.3) is 0 Å². The maximum Gasteiger partial charge on any atom is 0.159 e. The van der Waals surface area contributed by atoms with Crippen LogP contribution in [0.25, 0.3) is 11.2 Å². The third-order valence-corrected chi connectivity index (χ3v) is 4.59. The van der Waals surface area contributed by atoms with Gasteiger partial charge >= 0.3 is 0 Å². The third-order valence-electron chi connectivity index (χ3n) is 3.44. The summed E-state index contributed by atoms with van der Waals surface area (Å²) >= 11 is 7.99. The summed E-state index contributed by atoms with van der Waals surface area (Å²) in [7, 11) is 0. The fraction of sp³-hybridized carbons (Fsp3) is 0.500. The highest BCUT2D eigenvalue weighted by Crippen LogP contribution is 2.27. The minimum absolute atomic E-state index is 0.150. The summed E-state index contributed by atoms with van der Waals surface area (Å²) in [5.74, 6) is 0.877. The highest BCUT2D eigenvalue weighted by atomic mass is 35.5. The smallest absolute Gasteiger partial charge is 0.159 e. The molecule has 7 heteroatoms. The number of nitrogens with zero attached hydrogens (tertiary/aromatic N) is 5. The monoisotopic (exact) mass is 323 g/mol. The van der Waals surface area contributed by atoms with E-state index >= 15 is 0 Å². The van der Waals surface area contributed by atoms with Gasteiger partial charge in [0.2, 0.25) is 0 Å². The van der Waals surface area contributed by atoms with Crippen LogP contribution in [0.1, 0.15) is 41.4 Å². The van der Waals surface area contributed by atoms with Crippen LogP contribution in [-0.2, 0) is 13.1 Å². The molecule has 0 spiro atoms. The molecule has 21 heavy (non-hydrogen) atoms. The van der Waals surface area contributed by atoms with Crippen molar-refractivity contribution < 1.29 is 0 Å². The van der Waals surface area contributed by atoms with E-state index in [9.17, 15) is 0 Å². The summed E-state index contributed by atoms with van der Waals surface area (Å²) in [6.45, 7) is 9.53. The van der Waals surface area contributed by atoms with E-state index in [1.807, 2.05) is 25.5 Å². The van der Waals surface area contributed by atoms with E-state index in [1.54, 1.807) is 11.3 Å². The van der Waals surface area contributed by atoms with E-state index in [0.29, 0.717) is 6.54 Å². The first-order valence-corrected chi connectivity index (χ1v) is 8.31. The second-order valence-electron chi connectivity index (χ2n) is 5.13. The highest BCUT2D eigenvalue weighted by molar-refractivity contribution is 7.09. The number of thiazole rings is 1. The molecule has 0 saturated heterocycles. The largest absolute Gasteiger partial charge is 0.305 e. The van der Waals surface area contributed by atoms with Crippen molar-refractivity contribution in [3.8, 4) is 0 Å². The Hall–Kier alpha value is -1.40. The van der Waals surface area contributed by atoms with Gasteiger partial charge < -0.3 is 4.57 Å². The molecule has 0 aliphatic heterocycles. The summed E-state index contributed by atoms with van der Waals surface area (Å²) in [5.41, 5.74) is 3.96. The van der Waals surface area contributed by atoms with E-state index in [0.717, 1.165) is 39.9 Å². The Bertz CT molecular complexity index is 783. The van der Waals surface area contributed by atoms with E-state index in [2.05, 4.69) is 27.0 Å². The summed E-state index contributed by atoms with van der Waals surface area (Å²) in [5, 5.41) is 7.53. The number of hydrogen-bond acceptors (Lipinski definition) is 4. The first-order valence-electron chi connectivity index (χ1n) is 6.99. The lowest BCUT2D eigenvalue weighted by atomic mass is 10.4. The molecule has 0 fully saturated rings. The molecule has 1 atom stereocenters. The third kappa shape index (κ3) is 2.46. The van der Waals surface area contributed by atoms with E-state index in [1.165, 1.54) is 0 Å². The normalized spacial score (nSPS) is 13.2. The average molecular weight is 324 g/mol. The van der Waals surface area contributed by atoms with Crippen LogP contribution in [-0.4, -0.2) is 24.3 Å². The number of rotatable bonds is 4. The summed E-state index contributed by atoms with van der Waals surface area (Å²) in [6.07, 6.45) is 0. The van der Waals surface area contributed by atoms with Crippen LogP contribution in [0.3, 0.4) is 0 Å². The molecular weight excluding hydrogens is 306 g/mol. The summed E-state index contributed by atoms with van der Waals surface area (Å²) in [6, 6.07) is 0. The highest BCUT2D eigenvalue weighted by Gasteiger charge is 2.21. The topological polar surface area (TPSA) is 48.5 Å². The van der Waals surface area contributed by atoms with Crippen LogP contribution < -0.4 is 0 Å². The van der Waals surface area contributed by atoms with Crippen molar-refractivity contribution >= 4 is 34.1 Å². The standard InChI is InChI=1S/C14H18ClN5S/c1-5-20-14-12(10(4)18-20)17-13(9(3)15)19(14)6-11-16-8(2)7-21-11/h7,9H,5-6H2,1-4H3. The van der Waals surface area contributed by atoms with Gasteiger partial charge in [0.15, 0.2) is 5.65 Å². The van der Waals surface area contributed by atoms with Crippen LogP contribution in [0.4, 0.5) is 0 Å². The van der Waals surface area contributed by atoms with E-state index < -0.39 is 0 Å². The molecule has 0 saturated carbocycles. The first-order chi connectivity index (χ1) is 10.0. The minimum Gasteiger partial charge on any atom is -0.305 e. The Balaban J connectivity index is 2.19. The molecule has 112 valence electrons. The Morgan fingerprint density at radius 3 is 2.67 bits per heavy atom. The van der Waals surface area contributed by atoms with Crippen LogP contribution >= 0.6 is 22.9 Å². The van der Waals surface area contributed by atoms with Gasteiger partial charge in [0.1, 0.15) is 16.3 Å². The number of fused-ring (bicyclic) bond motifs is 1. The fourth-order valence-corrected chi connectivity index (χ4v) is 3.46. The summed E-state index contributed by atoms with van der Waals surface area (Å²) in [4.78, 5) is 9.26. The minimum atomic E-state index is -0.150. The molecule has 3 rings (SSSR count). The Morgan fingerprint density at radius 1 is 1.33 bits per heavy atom. The van der Waals surface area contributed by atoms with Crippen molar-refractivity contribution in [2.75, 3.05) is 0 Å². The zero-order valence-corrected chi connectivity index (χ0v) is 14.2. The van der Waals surface area contributed by atoms with Crippen molar-refractivity contribution in [1.82, 2.24) is 24.3 Å². The van der Waals surface area contributed by atoms with Crippen LogP contribution in [0.15, 0.2) is 5.38 Å². The van der Waals surface area contributed by atoms with Crippen molar-refractivity contribution in [3.05, 3.63) is 27.6 Å². The Morgan fingerprint density at radius 2 is 2.10 bits per heavy atom. The fourth-order valence-electron chi connectivity index (χ4n) is 2.53. The maximum absolute atomic E-state index is 6.33. The molecule has 0 radical (unpaired) electrons. The molecule has 0 amide bonds. The molecular formula is C14H18ClN5S. The van der Waals surface area contributed by atoms with Gasteiger partial charge in [-0.15, -0.1) is 22.9 Å². The number of halogens is 1. The Kier molecular flexibility index (Phi) is 3.75. The van der Waals surface area contributed by atoms with Gasteiger partial charge in [0, 0.05) is 17.6 Å². The first kappa shape index (κ1) is 14.5. The van der Waals surface area contributed by atoms with Crippen molar-refractivity contribution in [3.63, 3.8) is 0 Å². The maximum atomic E-state index is 6.33. The molecule has 0 aromatic carbocycles. The Labute approximate surface area is 132 Å². The molecule has 0 aliphatic carbocycles. The lowest BCUT2D eigenvalue weighted by Crippen LogP contribution is -2.10. The predicted octanol–water partition coefficient (Wildman–Crippen LogP) is 3.67. The predicted molar refractivity (Wildman–Crippen MR) is 86.2 cm³/mol. The second kappa shape index (κ2) is 5.42. The van der Waals surface area contributed by atoms with Gasteiger partial charge in [-0.2, -0.15) is 5.10 Å². The number of alkyl halides is 1. The van der Waals surface area contributed by atoms with Gasteiger partial charge in [-0.05, 0) is 27.7 Å². The number of imidazole rings is 1. The van der Waals surface area contributed by atoms with Crippen LogP contribution in [0, 0.1) is 13.8 Å². The van der Waals surface area contributed by atoms with E-state index in [4.69, 9.17) is 16.6 Å². The van der Waals surface area contributed by atoms with Gasteiger partial charge in [0.05, 0.1) is 17.6 Å². The molecule has 3 heterocycles. The average Bonchev–Trinajstić information content (AvgIpc) is 3.08. The number of hydrogen-bond donors (Lipinski definition) is 0. The molecule has 0 N–H and O–H groups in total. The molecule has 3 aromatic rings. The zero-order valence-electron chi connectivity index (χ0n) is 12.6. The summed E-state index contributed by atoms with van der Waals surface area (Å²) < 4.78 is 4.13. The lowest BCUT2D eigenvalue weighted by Gasteiger charge is -2.10. The second-order valence-corrected chi connectivity index (χ2v) is 6.73. The number of aromatic nitrogens is 5. The van der Waals surface area contributed by atoms with Gasteiger partial charge in [-0.1, -0.05) is 0 Å². The van der Waals surface area contributed by atoms with Crippen LogP contribution in [0.5, 0.6) is 0 Å². The van der Waals surface area contributed by atoms with E-state index in [-0.39, 0.29) is 5.38 Å². The molecule has 5 nitrogen and oxygen atoms in total. The van der Waals surface area contributed by atoms with Gasteiger partial charge in [-0.25, -0.2) is 14.6 Å². The number of aryl methyl sites for hydroxylation is 3. The van der Waals surface area contributed by atoms with Crippen LogP contribution in [0.2, 0.25) is 0 Å². The molecule has 3 aromatic heterocycles. The molecule has 0 aliphatic rings. The molecule has 0 bridgehead atoms. The SMILES string of the molecule is CCn1nc(C)c2nc(C(C)Cl)n(Cc3nc(C)cs3)c21. The lowest BCUT2D eigenvalue weighted by molar-refractivity contribution is 0.632. The van der Waals surface area contributed by atoms with Gasteiger partial charge in [-0.3, -0.25) is 0 Å². The van der Waals surface area contributed by atoms with Crippen molar-refractivity contribution in [1.29, 1.82) is 0 Å². The molecule has 1 unspecified atom stereocenters. The van der Waals surface area contributed by atoms with Crippen molar-refractivity contribution in [2.24, 2.45) is 0 Å².